The van der Waals surface area contributed by atoms with Crippen molar-refractivity contribution >= 4 is 5.91 Å². The zero-order chi connectivity index (χ0) is 11.4. The summed E-state index contributed by atoms with van der Waals surface area (Å²) in [7, 11) is 0. The lowest BCUT2D eigenvalue weighted by Crippen LogP contribution is -2.58. The summed E-state index contributed by atoms with van der Waals surface area (Å²) in [4.78, 5) is 14.9. The van der Waals surface area contributed by atoms with E-state index in [0.717, 1.165) is 12.1 Å². The Hall–Kier alpha value is -1.33. The largest absolute Gasteiger partial charge is 0.379 e. The fourth-order valence-corrected chi connectivity index (χ4v) is 1.71. The second-order valence-corrected chi connectivity index (χ2v) is 4.18. The Morgan fingerprint density at radius 1 is 1.62 bits per heavy atom. The highest BCUT2D eigenvalue weighted by atomic mass is 16.5. The van der Waals surface area contributed by atoms with Gasteiger partial charge in [0.1, 0.15) is 5.41 Å². The number of nitrogens with two attached hydrogens (primary N) is 1. The van der Waals surface area contributed by atoms with Gasteiger partial charge in [-0.05, 0) is 12.1 Å². The summed E-state index contributed by atoms with van der Waals surface area (Å²) >= 11 is 0. The van der Waals surface area contributed by atoms with Crippen LogP contribution < -0.4 is 11.1 Å². The Labute approximate surface area is 94.4 Å². The minimum atomic E-state index is -0.476. The van der Waals surface area contributed by atoms with Gasteiger partial charge in [-0.2, -0.15) is 0 Å². The van der Waals surface area contributed by atoms with Crippen molar-refractivity contribution in [3.8, 4) is 0 Å². The molecule has 0 unspecified atom stereocenters. The molecule has 0 aromatic carbocycles. The second-order valence-electron chi connectivity index (χ2n) is 4.18. The molecule has 0 spiro atoms. The van der Waals surface area contributed by atoms with Gasteiger partial charge >= 0.3 is 0 Å². The lowest BCUT2D eigenvalue weighted by atomic mass is 9.85. The minimum Gasteiger partial charge on any atom is -0.379 e. The molecule has 0 bridgehead atoms. The van der Waals surface area contributed by atoms with Gasteiger partial charge in [-0.3, -0.25) is 4.79 Å². The first-order valence-electron chi connectivity index (χ1n) is 5.45. The molecule has 88 valence electrons. The van der Waals surface area contributed by atoms with Crippen LogP contribution in [0.25, 0.3) is 0 Å². The van der Waals surface area contributed by atoms with Crippen molar-refractivity contribution in [2.45, 2.75) is 6.42 Å². The molecule has 16 heavy (non-hydrogen) atoms. The van der Waals surface area contributed by atoms with Crippen molar-refractivity contribution in [3.05, 3.63) is 24.0 Å². The van der Waals surface area contributed by atoms with E-state index in [9.17, 15) is 4.79 Å². The molecule has 4 N–H and O–H groups in total. The van der Waals surface area contributed by atoms with Crippen molar-refractivity contribution in [2.24, 2.45) is 11.1 Å². The van der Waals surface area contributed by atoms with Gasteiger partial charge in [-0.25, -0.2) is 0 Å². The fourth-order valence-electron chi connectivity index (χ4n) is 1.71. The average molecular weight is 223 g/mol. The molecule has 1 aliphatic rings. The lowest BCUT2D eigenvalue weighted by molar-refractivity contribution is -0.159. The highest BCUT2D eigenvalue weighted by Crippen LogP contribution is 2.25. The van der Waals surface area contributed by atoms with Gasteiger partial charge in [-0.1, -0.05) is 0 Å². The van der Waals surface area contributed by atoms with Crippen LogP contribution in [0.5, 0.6) is 0 Å². The van der Waals surface area contributed by atoms with Crippen LogP contribution in [0, 0.1) is 5.41 Å². The monoisotopic (exact) mass is 223 g/mol. The van der Waals surface area contributed by atoms with Crippen LogP contribution in [0.2, 0.25) is 0 Å². The SMILES string of the molecule is NCC1(C(=O)NCCc2ccc[nH]2)COC1. The average Bonchev–Trinajstić information content (AvgIpc) is 2.70. The topological polar surface area (TPSA) is 80.1 Å². The molecule has 1 aromatic rings. The molecule has 1 amide bonds. The Balaban J connectivity index is 1.75. The summed E-state index contributed by atoms with van der Waals surface area (Å²) in [6.45, 7) is 1.86. The van der Waals surface area contributed by atoms with Crippen LogP contribution in [0.15, 0.2) is 18.3 Å². The van der Waals surface area contributed by atoms with Crippen molar-refractivity contribution in [1.82, 2.24) is 10.3 Å². The van der Waals surface area contributed by atoms with Gasteiger partial charge < -0.3 is 20.8 Å². The smallest absolute Gasteiger partial charge is 0.232 e. The molecule has 0 saturated carbocycles. The molecule has 1 saturated heterocycles. The maximum Gasteiger partial charge on any atom is 0.232 e. The van der Waals surface area contributed by atoms with E-state index < -0.39 is 5.41 Å². The number of H-pyrrole nitrogens is 1. The van der Waals surface area contributed by atoms with E-state index in [1.807, 2.05) is 18.3 Å². The van der Waals surface area contributed by atoms with Gasteiger partial charge in [-0.15, -0.1) is 0 Å². The van der Waals surface area contributed by atoms with E-state index in [0.29, 0.717) is 26.3 Å². The summed E-state index contributed by atoms with van der Waals surface area (Å²) in [5.74, 6) is 0.00723. The third-order valence-electron chi connectivity index (χ3n) is 2.97. The number of ether oxygens (including phenoxy) is 1. The first-order chi connectivity index (χ1) is 7.77. The number of hydrogen-bond acceptors (Lipinski definition) is 3. The van der Waals surface area contributed by atoms with Gasteiger partial charge in [0.2, 0.25) is 5.91 Å². The number of aromatic amines is 1. The van der Waals surface area contributed by atoms with Gasteiger partial charge in [0, 0.05) is 31.4 Å². The van der Waals surface area contributed by atoms with Crippen molar-refractivity contribution in [2.75, 3.05) is 26.3 Å². The van der Waals surface area contributed by atoms with E-state index in [1.54, 1.807) is 0 Å². The molecule has 2 heterocycles. The zero-order valence-corrected chi connectivity index (χ0v) is 9.16. The summed E-state index contributed by atoms with van der Waals surface area (Å²) in [6.07, 6.45) is 2.68. The maximum atomic E-state index is 11.8. The quantitative estimate of drug-likeness (QED) is 0.638. The maximum absolute atomic E-state index is 11.8. The predicted octanol–water partition coefficient (Wildman–Crippen LogP) is -0.351. The van der Waals surface area contributed by atoms with Crippen molar-refractivity contribution < 1.29 is 9.53 Å². The van der Waals surface area contributed by atoms with Crippen molar-refractivity contribution in [3.63, 3.8) is 0 Å². The highest BCUT2D eigenvalue weighted by molar-refractivity contribution is 5.84. The Morgan fingerprint density at radius 3 is 2.94 bits per heavy atom. The molecule has 2 rings (SSSR count). The van der Waals surface area contributed by atoms with Crippen LogP contribution in [0.4, 0.5) is 0 Å². The number of amides is 1. The Bertz CT molecular complexity index is 339. The van der Waals surface area contributed by atoms with Crippen LogP contribution in [0.1, 0.15) is 5.69 Å². The summed E-state index contributed by atoms with van der Waals surface area (Å²) in [5.41, 5.74) is 6.23. The van der Waals surface area contributed by atoms with Crippen molar-refractivity contribution in [1.29, 1.82) is 0 Å². The Morgan fingerprint density at radius 2 is 2.44 bits per heavy atom. The molecule has 1 aliphatic heterocycles. The normalized spacial score (nSPS) is 17.8. The van der Waals surface area contributed by atoms with E-state index in [1.165, 1.54) is 0 Å². The van der Waals surface area contributed by atoms with Crippen LogP contribution >= 0.6 is 0 Å². The molecule has 5 heteroatoms. The highest BCUT2D eigenvalue weighted by Gasteiger charge is 2.44. The Kier molecular flexibility index (Phi) is 3.26. The van der Waals surface area contributed by atoms with E-state index in [2.05, 4.69) is 10.3 Å². The zero-order valence-electron chi connectivity index (χ0n) is 9.16. The number of rotatable bonds is 5. The van der Waals surface area contributed by atoms with Gasteiger partial charge in [0.15, 0.2) is 0 Å². The standard InChI is InChI=1S/C11H17N3O2/c12-6-11(7-16-8-11)10(15)14-5-3-9-2-1-4-13-9/h1-2,4,13H,3,5-8,12H2,(H,14,15). The molecule has 1 fully saturated rings. The van der Waals surface area contributed by atoms with Crippen LogP contribution in [-0.4, -0.2) is 37.2 Å². The van der Waals surface area contributed by atoms with E-state index >= 15 is 0 Å². The summed E-state index contributed by atoms with van der Waals surface area (Å²) < 4.78 is 5.06. The van der Waals surface area contributed by atoms with Gasteiger partial charge in [0.25, 0.3) is 0 Å². The molecule has 0 radical (unpaired) electrons. The number of carbonyl (C=O) groups is 1. The molecule has 1 aromatic heterocycles. The molecule has 5 nitrogen and oxygen atoms in total. The minimum absolute atomic E-state index is 0.00723. The number of hydrogen-bond donors (Lipinski definition) is 3. The number of carbonyl (C=O) groups excluding carboxylic acids is 1. The van der Waals surface area contributed by atoms with E-state index in [4.69, 9.17) is 10.5 Å². The first-order valence-corrected chi connectivity index (χ1v) is 5.45. The first kappa shape index (κ1) is 11.2. The second kappa shape index (κ2) is 4.67. The molecular formula is C11H17N3O2. The fraction of sp³-hybridized carbons (Fsp3) is 0.545. The lowest BCUT2D eigenvalue weighted by Gasteiger charge is -2.38. The predicted molar refractivity (Wildman–Crippen MR) is 59.8 cm³/mol. The molecule has 0 aliphatic carbocycles. The number of nitrogens with one attached hydrogen (secondary N) is 2. The molecular weight excluding hydrogens is 206 g/mol. The number of aromatic nitrogens is 1. The van der Waals surface area contributed by atoms with E-state index in [-0.39, 0.29) is 5.91 Å². The third-order valence-corrected chi connectivity index (χ3v) is 2.97. The van der Waals surface area contributed by atoms with Gasteiger partial charge in [0.05, 0.1) is 13.2 Å². The van der Waals surface area contributed by atoms with Crippen LogP contribution in [0.3, 0.4) is 0 Å². The van der Waals surface area contributed by atoms with Crippen LogP contribution in [-0.2, 0) is 16.0 Å². The summed E-state index contributed by atoms with van der Waals surface area (Å²) in [5, 5.41) is 2.90. The summed E-state index contributed by atoms with van der Waals surface area (Å²) in [6, 6.07) is 3.94. The molecule has 0 atom stereocenters. The third kappa shape index (κ3) is 2.10.